The fraction of sp³-hybridized carbons (Fsp3) is 0.304. The van der Waals surface area contributed by atoms with Gasteiger partial charge in [0, 0.05) is 17.9 Å². The molecular formula is C23H25ClN4O6. The highest BCUT2D eigenvalue weighted by molar-refractivity contribution is 6.31. The summed E-state index contributed by atoms with van der Waals surface area (Å²) in [6.07, 6.45) is -0.0595. The third-order valence-electron chi connectivity index (χ3n) is 5.16. The number of ether oxygens (including phenoxy) is 1. The normalized spacial score (nSPS) is 19.1. The van der Waals surface area contributed by atoms with Gasteiger partial charge in [-0.15, -0.1) is 0 Å². The first-order chi connectivity index (χ1) is 16.2. The van der Waals surface area contributed by atoms with Crippen molar-refractivity contribution in [1.29, 1.82) is 0 Å². The van der Waals surface area contributed by atoms with E-state index in [1.54, 1.807) is 18.2 Å². The second-order valence-corrected chi connectivity index (χ2v) is 8.18. The van der Waals surface area contributed by atoms with Gasteiger partial charge in [0.05, 0.1) is 12.1 Å². The van der Waals surface area contributed by atoms with Gasteiger partial charge >= 0.3 is 0 Å². The average molecular weight is 489 g/mol. The maximum absolute atomic E-state index is 13.2. The molecule has 4 amide bonds. The van der Waals surface area contributed by atoms with E-state index in [2.05, 4.69) is 16.0 Å². The number of carbonyl (C=O) groups is 4. The van der Waals surface area contributed by atoms with Crippen molar-refractivity contribution in [3.05, 3.63) is 58.6 Å². The smallest absolute Gasteiger partial charge is 0.255 e. The van der Waals surface area contributed by atoms with E-state index in [0.717, 1.165) is 0 Å². The quantitative estimate of drug-likeness (QED) is 0.415. The molecule has 1 aliphatic heterocycles. The van der Waals surface area contributed by atoms with Crippen molar-refractivity contribution < 1.29 is 29.0 Å². The fourth-order valence-electron chi connectivity index (χ4n) is 3.40. The number of rotatable bonds is 5. The number of carbonyl (C=O) groups excluding carboxylic acids is 4. The lowest BCUT2D eigenvalue weighted by Gasteiger charge is -2.23. The largest absolute Gasteiger partial charge is 0.508 e. The molecule has 3 rings (SSSR count). The number of nitrogens with two attached hydrogens (primary N) is 1. The lowest BCUT2D eigenvalue weighted by molar-refractivity contribution is -0.130. The Balaban J connectivity index is 1.93. The summed E-state index contributed by atoms with van der Waals surface area (Å²) in [5.41, 5.74) is 6.00. The molecule has 2 atom stereocenters. The van der Waals surface area contributed by atoms with E-state index in [1.165, 1.54) is 24.3 Å². The lowest BCUT2D eigenvalue weighted by atomic mass is 10.0. The maximum Gasteiger partial charge on any atom is 0.255 e. The van der Waals surface area contributed by atoms with Gasteiger partial charge in [-0.2, -0.15) is 0 Å². The van der Waals surface area contributed by atoms with Crippen LogP contribution in [-0.4, -0.2) is 54.0 Å². The third-order valence-corrected chi connectivity index (χ3v) is 5.39. The zero-order chi connectivity index (χ0) is 24.7. The zero-order valence-corrected chi connectivity index (χ0v) is 18.9. The minimum absolute atomic E-state index is 0.0104. The number of benzene rings is 2. The van der Waals surface area contributed by atoms with Gasteiger partial charge in [0.1, 0.15) is 30.2 Å². The van der Waals surface area contributed by atoms with Crippen LogP contribution in [-0.2, 0) is 20.8 Å². The van der Waals surface area contributed by atoms with Gasteiger partial charge in [-0.25, -0.2) is 0 Å². The van der Waals surface area contributed by atoms with Crippen LogP contribution < -0.4 is 26.4 Å². The minimum Gasteiger partial charge on any atom is -0.508 e. The molecule has 10 nitrogen and oxygen atoms in total. The minimum atomic E-state index is -1.09. The van der Waals surface area contributed by atoms with Crippen LogP contribution in [0.25, 0.3) is 0 Å². The summed E-state index contributed by atoms with van der Waals surface area (Å²) >= 11 is 6.07. The molecule has 0 aliphatic carbocycles. The summed E-state index contributed by atoms with van der Waals surface area (Å²) in [6.45, 7) is 0.156. The Kier molecular flexibility index (Phi) is 8.31. The van der Waals surface area contributed by atoms with E-state index in [4.69, 9.17) is 22.1 Å². The van der Waals surface area contributed by atoms with Crippen molar-refractivity contribution in [3.8, 4) is 11.5 Å². The van der Waals surface area contributed by atoms with Gasteiger partial charge in [-0.1, -0.05) is 23.7 Å². The molecule has 0 saturated heterocycles. The van der Waals surface area contributed by atoms with Crippen molar-refractivity contribution in [1.82, 2.24) is 16.0 Å². The van der Waals surface area contributed by atoms with Gasteiger partial charge in [0.25, 0.3) is 5.91 Å². The van der Waals surface area contributed by atoms with Crippen LogP contribution in [0, 0.1) is 0 Å². The average Bonchev–Trinajstić information content (AvgIpc) is 2.80. The Bertz CT molecular complexity index is 1080. The van der Waals surface area contributed by atoms with Crippen molar-refractivity contribution >= 4 is 35.2 Å². The molecule has 34 heavy (non-hydrogen) atoms. The lowest BCUT2D eigenvalue weighted by Crippen LogP contribution is -2.54. The zero-order valence-electron chi connectivity index (χ0n) is 18.2. The third kappa shape index (κ3) is 6.85. The molecule has 11 heteroatoms. The molecule has 2 aromatic carbocycles. The van der Waals surface area contributed by atoms with E-state index in [0.29, 0.717) is 10.6 Å². The number of halogens is 1. The number of amides is 4. The molecule has 0 fully saturated rings. The first kappa shape index (κ1) is 24.8. The number of hydrogen-bond acceptors (Lipinski definition) is 6. The summed E-state index contributed by atoms with van der Waals surface area (Å²) in [5.74, 6) is -2.06. The van der Waals surface area contributed by atoms with E-state index >= 15 is 0 Å². The molecule has 0 spiro atoms. The first-order valence-corrected chi connectivity index (χ1v) is 11.0. The van der Waals surface area contributed by atoms with Crippen LogP contribution in [0.3, 0.4) is 0 Å². The van der Waals surface area contributed by atoms with Gasteiger partial charge in [-0.05, 0) is 42.3 Å². The van der Waals surface area contributed by atoms with Gasteiger partial charge in [-0.3, -0.25) is 19.2 Å². The molecular weight excluding hydrogens is 464 g/mol. The molecule has 0 aromatic heterocycles. The first-order valence-electron chi connectivity index (χ1n) is 10.6. The van der Waals surface area contributed by atoms with Crippen molar-refractivity contribution in [2.24, 2.45) is 5.73 Å². The Morgan fingerprint density at radius 3 is 2.50 bits per heavy atom. The molecule has 180 valence electrons. The second kappa shape index (κ2) is 11.4. The van der Waals surface area contributed by atoms with Crippen molar-refractivity contribution in [2.75, 3.05) is 13.2 Å². The molecule has 1 heterocycles. The van der Waals surface area contributed by atoms with Gasteiger partial charge in [0.2, 0.25) is 17.7 Å². The van der Waals surface area contributed by atoms with E-state index in [1.807, 2.05) is 0 Å². The number of aromatic hydroxyl groups is 1. The van der Waals surface area contributed by atoms with Crippen molar-refractivity contribution in [3.63, 3.8) is 0 Å². The Hall–Kier alpha value is -3.79. The maximum atomic E-state index is 13.2. The van der Waals surface area contributed by atoms with E-state index < -0.39 is 35.7 Å². The predicted octanol–water partition coefficient (Wildman–Crippen LogP) is 0.646. The molecule has 0 unspecified atom stereocenters. The summed E-state index contributed by atoms with van der Waals surface area (Å²) in [7, 11) is 0. The molecule has 0 radical (unpaired) electrons. The van der Waals surface area contributed by atoms with E-state index in [9.17, 15) is 24.3 Å². The SMILES string of the molecule is NC(=O)CC[C@@H]1NC(=O)[C@H](Cc2ccc(O)cc2)NC(=O)c2cc(Cl)ccc2OCCNC1=O. The fourth-order valence-corrected chi connectivity index (χ4v) is 3.58. The molecule has 6 N–H and O–H groups in total. The van der Waals surface area contributed by atoms with Crippen LogP contribution in [0.1, 0.15) is 28.8 Å². The second-order valence-electron chi connectivity index (χ2n) is 7.74. The predicted molar refractivity (Wildman–Crippen MR) is 123 cm³/mol. The highest BCUT2D eigenvalue weighted by Gasteiger charge is 2.29. The Labute approximate surface area is 200 Å². The highest BCUT2D eigenvalue weighted by atomic mass is 35.5. The summed E-state index contributed by atoms with van der Waals surface area (Å²) in [6, 6.07) is 8.53. The van der Waals surface area contributed by atoms with Crippen LogP contribution in [0.5, 0.6) is 11.5 Å². The number of primary amides is 1. The molecule has 0 saturated carbocycles. The number of nitrogens with one attached hydrogen (secondary N) is 3. The molecule has 1 aliphatic rings. The van der Waals surface area contributed by atoms with Crippen LogP contribution in [0.15, 0.2) is 42.5 Å². The topological polar surface area (TPSA) is 160 Å². The standard InChI is InChI=1S/C23H25ClN4O6/c24-14-3-7-19-16(12-14)21(31)28-18(11-13-1-4-15(29)5-2-13)23(33)27-17(6-8-20(25)30)22(32)26-9-10-34-19/h1-5,7,12,17-18,29H,6,8-11H2,(H2,25,30)(H,26,32)(H,27,33)(H,28,31)/t17-,18-/m0/s1. The van der Waals surface area contributed by atoms with Crippen molar-refractivity contribution in [2.45, 2.75) is 31.3 Å². The van der Waals surface area contributed by atoms with Gasteiger partial charge in [0.15, 0.2) is 0 Å². The van der Waals surface area contributed by atoms with Crippen LogP contribution in [0.4, 0.5) is 0 Å². The molecule has 2 aromatic rings. The van der Waals surface area contributed by atoms with E-state index in [-0.39, 0.29) is 49.5 Å². The number of phenolic OH excluding ortho intramolecular Hbond substituents is 1. The molecule has 0 bridgehead atoms. The monoisotopic (exact) mass is 488 g/mol. The summed E-state index contributed by atoms with van der Waals surface area (Å²) in [4.78, 5) is 50.2. The van der Waals surface area contributed by atoms with Gasteiger partial charge < -0.3 is 31.5 Å². The Morgan fingerprint density at radius 2 is 1.79 bits per heavy atom. The summed E-state index contributed by atoms with van der Waals surface area (Å²) < 4.78 is 5.66. The highest BCUT2D eigenvalue weighted by Crippen LogP contribution is 2.23. The number of hydrogen-bond donors (Lipinski definition) is 5. The van der Waals surface area contributed by atoms with Crippen LogP contribution in [0.2, 0.25) is 5.02 Å². The van der Waals surface area contributed by atoms with Crippen LogP contribution >= 0.6 is 11.6 Å². The summed E-state index contributed by atoms with van der Waals surface area (Å²) in [5, 5.41) is 17.8. The number of fused-ring (bicyclic) bond motifs is 1. The number of phenols is 1. The Morgan fingerprint density at radius 1 is 1.06 bits per heavy atom.